The molecule has 2 rings (SSSR count). The Kier molecular flexibility index (Phi) is 8.31. The lowest BCUT2D eigenvalue weighted by atomic mass is 9.93. The second-order valence-electron chi connectivity index (χ2n) is 7.75. The molecule has 1 aromatic heterocycles. The molecule has 1 aliphatic heterocycles. The summed E-state index contributed by atoms with van der Waals surface area (Å²) in [5.41, 5.74) is 1.27. The van der Waals surface area contributed by atoms with Crippen molar-refractivity contribution in [2.24, 2.45) is 4.99 Å². The van der Waals surface area contributed by atoms with Gasteiger partial charge in [0.2, 0.25) is 0 Å². The molecule has 0 amide bonds. The van der Waals surface area contributed by atoms with Gasteiger partial charge in [0.25, 0.3) is 0 Å². The molecule has 0 saturated carbocycles. The van der Waals surface area contributed by atoms with Crippen LogP contribution >= 0.6 is 11.3 Å². The summed E-state index contributed by atoms with van der Waals surface area (Å²) < 4.78 is 11.2. The van der Waals surface area contributed by atoms with Crippen LogP contribution in [0.15, 0.2) is 10.4 Å². The largest absolute Gasteiger partial charge is 0.379 e. The van der Waals surface area contributed by atoms with Crippen LogP contribution < -0.4 is 10.6 Å². The highest BCUT2D eigenvalue weighted by Gasteiger charge is 2.18. The number of aliphatic imine (C=N–C) groups is 1. The predicted octanol–water partition coefficient (Wildman–Crippen LogP) is 2.73. The van der Waals surface area contributed by atoms with Crippen LogP contribution in [-0.4, -0.2) is 56.0 Å². The SMILES string of the molecule is CCNC(=NCCc1nc(C(C)(C)C)cs1)NC(C)COC1CCOC1. The first kappa shape index (κ1) is 21.1. The van der Waals surface area contributed by atoms with Crippen molar-refractivity contribution >= 4 is 17.3 Å². The number of hydrogen-bond acceptors (Lipinski definition) is 5. The molecule has 0 bridgehead atoms. The van der Waals surface area contributed by atoms with Crippen molar-refractivity contribution in [2.45, 2.75) is 65.0 Å². The molecule has 0 radical (unpaired) electrons. The van der Waals surface area contributed by atoms with Gasteiger partial charge in [-0.3, -0.25) is 4.99 Å². The van der Waals surface area contributed by atoms with Gasteiger partial charge in [-0.25, -0.2) is 4.98 Å². The van der Waals surface area contributed by atoms with E-state index in [0.717, 1.165) is 49.2 Å². The Morgan fingerprint density at radius 2 is 2.31 bits per heavy atom. The van der Waals surface area contributed by atoms with Crippen LogP contribution in [-0.2, 0) is 21.3 Å². The third-order valence-electron chi connectivity index (χ3n) is 4.11. The van der Waals surface area contributed by atoms with Crippen molar-refractivity contribution in [1.82, 2.24) is 15.6 Å². The molecule has 6 nitrogen and oxygen atoms in total. The Morgan fingerprint density at radius 3 is 2.92 bits per heavy atom. The first-order valence-corrected chi connectivity index (χ1v) is 10.5. The fourth-order valence-electron chi connectivity index (χ4n) is 2.55. The number of ether oxygens (including phenoxy) is 2. The van der Waals surface area contributed by atoms with E-state index in [1.54, 1.807) is 11.3 Å². The molecule has 2 heterocycles. The second-order valence-corrected chi connectivity index (χ2v) is 8.69. The maximum atomic E-state index is 5.87. The molecule has 2 atom stereocenters. The van der Waals surface area contributed by atoms with E-state index >= 15 is 0 Å². The zero-order valence-electron chi connectivity index (χ0n) is 16.8. The number of guanidine groups is 1. The molecule has 1 aromatic rings. The molecule has 1 fully saturated rings. The van der Waals surface area contributed by atoms with Crippen LogP contribution in [0.4, 0.5) is 0 Å². The average Bonchev–Trinajstić information content (AvgIpc) is 3.24. The number of aromatic nitrogens is 1. The fourth-order valence-corrected chi connectivity index (χ4v) is 3.57. The van der Waals surface area contributed by atoms with E-state index < -0.39 is 0 Å². The number of thiazole rings is 1. The van der Waals surface area contributed by atoms with Gasteiger partial charge in [0, 0.05) is 43.0 Å². The molecule has 1 aliphatic rings. The maximum absolute atomic E-state index is 5.87. The van der Waals surface area contributed by atoms with E-state index in [2.05, 4.69) is 55.6 Å². The Hall–Kier alpha value is -1.18. The van der Waals surface area contributed by atoms with Crippen LogP contribution in [0, 0.1) is 0 Å². The number of nitrogens with one attached hydrogen (secondary N) is 2. The molecular formula is C19H34N4O2S. The van der Waals surface area contributed by atoms with Gasteiger partial charge in [-0.05, 0) is 20.3 Å². The summed E-state index contributed by atoms with van der Waals surface area (Å²) in [5.74, 6) is 0.832. The third-order valence-corrected chi connectivity index (χ3v) is 5.02. The van der Waals surface area contributed by atoms with E-state index in [4.69, 9.17) is 14.5 Å². The minimum absolute atomic E-state index is 0.105. The van der Waals surface area contributed by atoms with Crippen LogP contribution in [0.1, 0.15) is 51.7 Å². The standard InChI is InChI=1S/C19H34N4O2S/c1-6-20-18(22-14(2)11-25-15-8-10-24-12-15)21-9-7-17-23-16(13-26-17)19(3,4)5/h13-15H,6-12H2,1-5H3,(H2,20,21,22). The Labute approximate surface area is 161 Å². The smallest absolute Gasteiger partial charge is 0.191 e. The summed E-state index contributed by atoms with van der Waals surface area (Å²) in [4.78, 5) is 9.42. The molecule has 2 N–H and O–H groups in total. The minimum Gasteiger partial charge on any atom is -0.379 e. The van der Waals surface area contributed by atoms with Gasteiger partial charge in [-0.15, -0.1) is 11.3 Å². The average molecular weight is 383 g/mol. The summed E-state index contributed by atoms with van der Waals surface area (Å²) in [6.07, 6.45) is 2.09. The topological polar surface area (TPSA) is 67.8 Å². The molecule has 7 heteroatoms. The van der Waals surface area contributed by atoms with Gasteiger partial charge < -0.3 is 20.1 Å². The summed E-state index contributed by atoms with van der Waals surface area (Å²) in [6, 6.07) is 0.195. The summed E-state index contributed by atoms with van der Waals surface area (Å²) >= 11 is 1.72. The highest BCUT2D eigenvalue weighted by Crippen LogP contribution is 2.24. The van der Waals surface area contributed by atoms with Crippen molar-refractivity contribution in [2.75, 3.05) is 32.9 Å². The Morgan fingerprint density at radius 1 is 1.50 bits per heavy atom. The van der Waals surface area contributed by atoms with Crippen LogP contribution in [0.3, 0.4) is 0 Å². The number of rotatable bonds is 8. The van der Waals surface area contributed by atoms with Gasteiger partial charge in [0.1, 0.15) is 0 Å². The molecule has 26 heavy (non-hydrogen) atoms. The molecule has 0 aromatic carbocycles. The highest BCUT2D eigenvalue weighted by molar-refractivity contribution is 7.09. The summed E-state index contributed by atoms with van der Waals surface area (Å²) in [7, 11) is 0. The minimum atomic E-state index is 0.105. The van der Waals surface area contributed by atoms with E-state index in [9.17, 15) is 0 Å². The van der Waals surface area contributed by atoms with Gasteiger partial charge in [-0.1, -0.05) is 20.8 Å². The molecule has 1 saturated heterocycles. The first-order valence-electron chi connectivity index (χ1n) is 9.57. The van der Waals surface area contributed by atoms with Gasteiger partial charge in [0.15, 0.2) is 5.96 Å². The molecular weight excluding hydrogens is 348 g/mol. The number of nitrogens with zero attached hydrogens (tertiary/aromatic N) is 2. The summed E-state index contributed by atoms with van der Waals surface area (Å²) in [6.45, 7) is 14.5. The van der Waals surface area contributed by atoms with Crippen LogP contribution in [0.5, 0.6) is 0 Å². The highest BCUT2D eigenvalue weighted by atomic mass is 32.1. The Bertz CT molecular complexity index is 562. The lowest BCUT2D eigenvalue weighted by Crippen LogP contribution is -2.44. The quantitative estimate of drug-likeness (QED) is 0.534. The van der Waals surface area contributed by atoms with Crippen molar-refractivity contribution in [1.29, 1.82) is 0 Å². The Balaban J connectivity index is 1.78. The number of hydrogen-bond donors (Lipinski definition) is 2. The van der Waals surface area contributed by atoms with Gasteiger partial charge in [0.05, 0.1) is 30.0 Å². The van der Waals surface area contributed by atoms with Crippen molar-refractivity contribution in [3.05, 3.63) is 16.1 Å². The monoisotopic (exact) mass is 382 g/mol. The van der Waals surface area contributed by atoms with E-state index in [1.165, 1.54) is 0 Å². The molecule has 2 unspecified atom stereocenters. The van der Waals surface area contributed by atoms with Crippen LogP contribution in [0.25, 0.3) is 0 Å². The fraction of sp³-hybridized carbons (Fsp3) is 0.789. The maximum Gasteiger partial charge on any atom is 0.191 e. The lowest BCUT2D eigenvalue weighted by molar-refractivity contribution is 0.0347. The molecule has 0 spiro atoms. The van der Waals surface area contributed by atoms with Gasteiger partial charge in [-0.2, -0.15) is 0 Å². The normalized spacial score (nSPS) is 19.6. The summed E-state index contributed by atoms with van der Waals surface area (Å²) in [5, 5.41) is 10.0. The predicted molar refractivity (Wildman–Crippen MR) is 108 cm³/mol. The first-order chi connectivity index (χ1) is 12.4. The zero-order valence-corrected chi connectivity index (χ0v) is 17.6. The van der Waals surface area contributed by atoms with Gasteiger partial charge >= 0.3 is 0 Å². The van der Waals surface area contributed by atoms with Crippen molar-refractivity contribution < 1.29 is 9.47 Å². The molecule has 148 valence electrons. The lowest BCUT2D eigenvalue weighted by Gasteiger charge is -2.19. The van der Waals surface area contributed by atoms with E-state index in [0.29, 0.717) is 13.2 Å². The third kappa shape index (κ3) is 7.21. The molecule has 0 aliphatic carbocycles. The van der Waals surface area contributed by atoms with E-state index in [1.807, 2.05) is 0 Å². The van der Waals surface area contributed by atoms with Crippen molar-refractivity contribution in [3.63, 3.8) is 0 Å². The zero-order chi connectivity index (χ0) is 19.0. The second kappa shape index (κ2) is 10.2. The van der Waals surface area contributed by atoms with Crippen LogP contribution in [0.2, 0.25) is 0 Å². The van der Waals surface area contributed by atoms with Crippen molar-refractivity contribution in [3.8, 4) is 0 Å². The van der Waals surface area contributed by atoms with E-state index in [-0.39, 0.29) is 17.6 Å².